The van der Waals surface area contributed by atoms with Crippen LogP contribution in [0, 0.1) is 0 Å². The predicted molar refractivity (Wildman–Crippen MR) is 117 cm³/mol. The van der Waals surface area contributed by atoms with Gasteiger partial charge in [-0.05, 0) is 36.4 Å². The quantitative estimate of drug-likeness (QED) is 0.445. The van der Waals surface area contributed by atoms with E-state index in [9.17, 15) is 4.79 Å². The van der Waals surface area contributed by atoms with Crippen LogP contribution in [0.15, 0.2) is 86.0 Å². The molecule has 3 aromatic heterocycles. The van der Waals surface area contributed by atoms with Gasteiger partial charge in [0.1, 0.15) is 30.8 Å². The number of aromatic nitrogens is 6. The molecule has 0 saturated heterocycles. The summed E-state index contributed by atoms with van der Waals surface area (Å²) in [6.07, 6.45) is 8.35. The number of carbonyl (C=O) groups is 1. The molecular formula is C22H18N8O. The van der Waals surface area contributed by atoms with Crippen molar-refractivity contribution in [2.24, 2.45) is 0 Å². The lowest BCUT2D eigenvalue weighted by atomic mass is 10.2. The fourth-order valence-corrected chi connectivity index (χ4v) is 3.23. The van der Waals surface area contributed by atoms with Crippen molar-refractivity contribution in [3.05, 3.63) is 86.0 Å². The van der Waals surface area contributed by atoms with E-state index >= 15 is 0 Å². The van der Waals surface area contributed by atoms with Crippen molar-refractivity contribution in [1.82, 2.24) is 29.1 Å². The van der Waals surface area contributed by atoms with E-state index in [0.29, 0.717) is 17.3 Å². The zero-order valence-corrected chi connectivity index (χ0v) is 16.4. The zero-order chi connectivity index (χ0) is 21.0. The molecule has 0 spiro atoms. The van der Waals surface area contributed by atoms with E-state index in [2.05, 4.69) is 30.6 Å². The SMILES string of the molecule is O=C(Cn1cnc2ccccc21)Nc1ccc(Nc2cc(-n3ccnc3)ncn2)cc1. The van der Waals surface area contributed by atoms with Gasteiger partial charge in [-0.1, -0.05) is 12.1 Å². The molecule has 0 radical (unpaired) electrons. The van der Waals surface area contributed by atoms with E-state index in [1.165, 1.54) is 6.33 Å². The number of rotatable bonds is 6. The molecule has 31 heavy (non-hydrogen) atoms. The first-order valence-electron chi connectivity index (χ1n) is 9.62. The highest BCUT2D eigenvalue weighted by Gasteiger charge is 2.08. The molecule has 0 aliphatic heterocycles. The second-order valence-corrected chi connectivity index (χ2v) is 6.84. The standard InChI is InChI=1S/C22H18N8O/c31-22(12-30-15-26-18-3-1-2-4-19(18)30)28-17-7-5-16(6-8-17)27-20-11-21(25-13-24-20)29-10-9-23-14-29/h1-11,13-15H,12H2,(H,28,31)(H,24,25,27). The van der Waals surface area contributed by atoms with E-state index < -0.39 is 0 Å². The van der Waals surface area contributed by atoms with Crippen molar-refractivity contribution >= 4 is 34.1 Å². The maximum atomic E-state index is 12.4. The Labute approximate surface area is 177 Å². The highest BCUT2D eigenvalue weighted by molar-refractivity contribution is 5.91. The maximum absolute atomic E-state index is 12.4. The minimum absolute atomic E-state index is 0.121. The summed E-state index contributed by atoms with van der Waals surface area (Å²) in [6.45, 7) is 0.193. The minimum atomic E-state index is -0.121. The number of hydrogen-bond acceptors (Lipinski definition) is 6. The molecule has 0 atom stereocenters. The Kier molecular flexibility index (Phi) is 4.82. The van der Waals surface area contributed by atoms with E-state index in [1.54, 1.807) is 23.4 Å². The van der Waals surface area contributed by atoms with Gasteiger partial charge in [-0.2, -0.15) is 0 Å². The second kappa shape index (κ2) is 8.07. The van der Waals surface area contributed by atoms with Crippen molar-refractivity contribution in [2.45, 2.75) is 6.54 Å². The van der Waals surface area contributed by atoms with Gasteiger partial charge >= 0.3 is 0 Å². The summed E-state index contributed by atoms with van der Waals surface area (Å²) in [6, 6.07) is 17.0. The van der Waals surface area contributed by atoms with Gasteiger partial charge < -0.3 is 15.2 Å². The average Bonchev–Trinajstić information content (AvgIpc) is 3.46. The van der Waals surface area contributed by atoms with Gasteiger partial charge in [0.2, 0.25) is 5.91 Å². The lowest BCUT2D eigenvalue weighted by Crippen LogP contribution is -2.18. The van der Waals surface area contributed by atoms with Gasteiger partial charge in [-0.3, -0.25) is 9.36 Å². The number of amides is 1. The van der Waals surface area contributed by atoms with Crippen LogP contribution < -0.4 is 10.6 Å². The van der Waals surface area contributed by atoms with E-state index in [-0.39, 0.29) is 12.5 Å². The lowest BCUT2D eigenvalue weighted by molar-refractivity contribution is -0.116. The first kappa shape index (κ1) is 18.5. The third kappa shape index (κ3) is 4.10. The number of nitrogens with one attached hydrogen (secondary N) is 2. The van der Waals surface area contributed by atoms with Crippen LogP contribution in [0.1, 0.15) is 0 Å². The van der Waals surface area contributed by atoms with Crippen LogP contribution in [-0.4, -0.2) is 35.0 Å². The first-order valence-corrected chi connectivity index (χ1v) is 9.62. The molecule has 9 nitrogen and oxygen atoms in total. The van der Waals surface area contributed by atoms with Crippen LogP contribution in [0.3, 0.4) is 0 Å². The molecule has 0 unspecified atom stereocenters. The van der Waals surface area contributed by atoms with Gasteiger partial charge in [-0.15, -0.1) is 0 Å². The Morgan fingerprint density at radius 3 is 2.61 bits per heavy atom. The minimum Gasteiger partial charge on any atom is -0.340 e. The molecule has 152 valence electrons. The number of imidazole rings is 2. The van der Waals surface area contributed by atoms with Crippen molar-refractivity contribution in [2.75, 3.05) is 10.6 Å². The zero-order valence-electron chi connectivity index (χ0n) is 16.4. The summed E-state index contributed by atoms with van der Waals surface area (Å²) in [5, 5.41) is 6.15. The smallest absolute Gasteiger partial charge is 0.244 e. The number of anilines is 3. The molecule has 0 bridgehead atoms. The molecule has 2 aromatic carbocycles. The van der Waals surface area contributed by atoms with Crippen molar-refractivity contribution in [3.8, 4) is 5.82 Å². The summed E-state index contributed by atoms with van der Waals surface area (Å²) in [5.41, 5.74) is 3.35. The highest BCUT2D eigenvalue weighted by Crippen LogP contribution is 2.19. The molecule has 0 fully saturated rings. The first-order chi connectivity index (χ1) is 15.2. The average molecular weight is 410 g/mol. The monoisotopic (exact) mass is 410 g/mol. The van der Waals surface area contributed by atoms with Crippen LogP contribution in [0.25, 0.3) is 16.9 Å². The predicted octanol–water partition coefficient (Wildman–Crippen LogP) is 3.39. The van der Waals surface area contributed by atoms with Gasteiger partial charge in [0.05, 0.1) is 17.4 Å². The molecule has 5 aromatic rings. The second-order valence-electron chi connectivity index (χ2n) is 6.84. The topological polar surface area (TPSA) is 103 Å². The fourth-order valence-electron chi connectivity index (χ4n) is 3.23. The van der Waals surface area contributed by atoms with Gasteiger partial charge in [0.25, 0.3) is 0 Å². The van der Waals surface area contributed by atoms with Gasteiger partial charge in [0, 0.05) is 29.8 Å². The number of carbonyl (C=O) groups excluding carboxylic acids is 1. The summed E-state index contributed by atoms with van der Waals surface area (Å²) in [4.78, 5) is 29.3. The molecule has 9 heteroatoms. The largest absolute Gasteiger partial charge is 0.340 e. The Bertz CT molecular complexity index is 1330. The molecular weight excluding hydrogens is 392 g/mol. The highest BCUT2D eigenvalue weighted by atomic mass is 16.1. The van der Waals surface area contributed by atoms with Crippen molar-refractivity contribution in [3.63, 3.8) is 0 Å². The number of benzene rings is 2. The lowest BCUT2D eigenvalue weighted by Gasteiger charge is -2.10. The third-order valence-corrected chi connectivity index (χ3v) is 4.70. The number of hydrogen-bond donors (Lipinski definition) is 2. The molecule has 3 heterocycles. The normalized spacial score (nSPS) is 10.8. The summed E-state index contributed by atoms with van der Waals surface area (Å²) < 4.78 is 3.63. The molecule has 5 rings (SSSR count). The van der Waals surface area contributed by atoms with Crippen molar-refractivity contribution in [1.29, 1.82) is 0 Å². The van der Waals surface area contributed by atoms with E-state index in [0.717, 1.165) is 16.7 Å². The summed E-state index contributed by atoms with van der Waals surface area (Å²) in [7, 11) is 0. The fraction of sp³-hybridized carbons (Fsp3) is 0.0455. The molecule has 0 saturated carbocycles. The Morgan fingerprint density at radius 1 is 0.935 bits per heavy atom. The summed E-state index contributed by atoms with van der Waals surface area (Å²) >= 11 is 0. The van der Waals surface area contributed by atoms with Gasteiger partial charge in [-0.25, -0.2) is 19.9 Å². The van der Waals surface area contributed by atoms with Gasteiger partial charge in [0.15, 0.2) is 0 Å². The van der Waals surface area contributed by atoms with Crippen LogP contribution in [0.5, 0.6) is 0 Å². The number of para-hydroxylation sites is 2. The molecule has 0 aliphatic rings. The van der Waals surface area contributed by atoms with E-state index in [1.807, 2.05) is 65.4 Å². The van der Waals surface area contributed by atoms with E-state index in [4.69, 9.17) is 0 Å². The molecule has 2 N–H and O–H groups in total. The molecule has 1 amide bonds. The molecule has 0 aliphatic carbocycles. The van der Waals surface area contributed by atoms with Crippen LogP contribution >= 0.6 is 0 Å². The number of fused-ring (bicyclic) bond motifs is 1. The summed E-state index contributed by atoms with van der Waals surface area (Å²) in [5.74, 6) is 1.25. The third-order valence-electron chi connectivity index (χ3n) is 4.70. The Hall–Kier alpha value is -4.53. The van der Waals surface area contributed by atoms with Crippen LogP contribution in [0.4, 0.5) is 17.2 Å². The Balaban J connectivity index is 1.23. The number of nitrogens with zero attached hydrogens (tertiary/aromatic N) is 6. The van der Waals surface area contributed by atoms with Crippen LogP contribution in [0.2, 0.25) is 0 Å². The van der Waals surface area contributed by atoms with Crippen LogP contribution in [-0.2, 0) is 11.3 Å². The Morgan fingerprint density at radius 2 is 1.77 bits per heavy atom. The maximum Gasteiger partial charge on any atom is 0.244 e. The van der Waals surface area contributed by atoms with Crippen molar-refractivity contribution < 1.29 is 4.79 Å².